The molecule has 3 unspecified atom stereocenters. The highest BCUT2D eigenvalue weighted by Gasteiger charge is 2.44. The zero-order chi connectivity index (χ0) is 20.7. The first kappa shape index (κ1) is 20.0. The lowest BCUT2D eigenvalue weighted by Gasteiger charge is -2.28. The number of nitrogens with two attached hydrogens (primary N) is 1. The number of hydrogen-bond donors (Lipinski definition) is 4. The van der Waals surface area contributed by atoms with E-state index in [0.29, 0.717) is 18.1 Å². The van der Waals surface area contributed by atoms with Crippen molar-refractivity contribution in [2.75, 3.05) is 6.61 Å². The van der Waals surface area contributed by atoms with Gasteiger partial charge in [-0.15, -0.1) is 0 Å². The molecule has 0 bridgehead atoms. The first-order valence-corrected chi connectivity index (χ1v) is 9.37. The van der Waals surface area contributed by atoms with E-state index in [-0.39, 0.29) is 0 Å². The average Bonchev–Trinajstić information content (AvgIpc) is 3.26. The van der Waals surface area contributed by atoms with Crippen molar-refractivity contribution in [3.63, 3.8) is 0 Å². The second kappa shape index (κ2) is 7.82. The summed E-state index contributed by atoms with van der Waals surface area (Å²) in [7, 11) is 0. The van der Waals surface area contributed by atoms with Crippen molar-refractivity contribution in [2.24, 2.45) is 10.7 Å². The van der Waals surface area contributed by atoms with Gasteiger partial charge >= 0.3 is 0 Å². The zero-order valence-corrected chi connectivity index (χ0v) is 16.2. The Morgan fingerprint density at radius 3 is 2.69 bits per heavy atom. The fraction of sp³-hybridized carbons (Fsp3) is 0.474. The number of rotatable bonds is 5. The van der Waals surface area contributed by atoms with Gasteiger partial charge in [0.1, 0.15) is 37.0 Å². The normalized spacial score (nSPS) is 28.8. The van der Waals surface area contributed by atoms with Gasteiger partial charge in [0.25, 0.3) is 0 Å². The molecule has 5 atom stereocenters. The average molecular weight is 403 g/mol. The SMILES string of the molecule is Cc1ccc(CON2C=Nc3c(ncn3[C@@H]3O[C@H](CO)C(O)C3O)C2N)cc1C. The molecule has 1 aromatic carbocycles. The summed E-state index contributed by atoms with van der Waals surface area (Å²) < 4.78 is 7.04. The van der Waals surface area contributed by atoms with Gasteiger partial charge in [0.05, 0.1) is 12.9 Å². The molecule has 1 fully saturated rings. The maximum atomic E-state index is 10.2. The number of hydroxylamine groups is 2. The maximum absolute atomic E-state index is 10.2. The second-order valence-corrected chi connectivity index (χ2v) is 7.33. The summed E-state index contributed by atoms with van der Waals surface area (Å²) >= 11 is 0. The van der Waals surface area contributed by atoms with Crippen molar-refractivity contribution >= 4 is 12.2 Å². The summed E-state index contributed by atoms with van der Waals surface area (Å²) in [6, 6.07) is 6.10. The van der Waals surface area contributed by atoms with Gasteiger partial charge in [-0.25, -0.2) is 15.0 Å². The van der Waals surface area contributed by atoms with Crippen LogP contribution in [0.4, 0.5) is 5.82 Å². The smallest absolute Gasteiger partial charge is 0.165 e. The minimum absolute atomic E-state index is 0.325. The molecule has 0 spiro atoms. The van der Waals surface area contributed by atoms with Crippen LogP contribution < -0.4 is 5.73 Å². The lowest BCUT2D eigenvalue weighted by Crippen LogP contribution is -2.36. The van der Waals surface area contributed by atoms with Crippen LogP contribution in [0, 0.1) is 13.8 Å². The van der Waals surface area contributed by atoms with E-state index < -0.39 is 37.3 Å². The van der Waals surface area contributed by atoms with Gasteiger partial charge in [-0.1, -0.05) is 18.2 Å². The molecule has 156 valence electrons. The van der Waals surface area contributed by atoms with Gasteiger partial charge in [-0.3, -0.25) is 9.40 Å². The third-order valence-electron chi connectivity index (χ3n) is 5.39. The van der Waals surface area contributed by atoms with Crippen molar-refractivity contribution in [3.05, 3.63) is 46.9 Å². The van der Waals surface area contributed by atoms with Crippen LogP contribution in [0.2, 0.25) is 0 Å². The van der Waals surface area contributed by atoms with E-state index in [2.05, 4.69) is 23.0 Å². The molecule has 5 N–H and O–H groups in total. The lowest BCUT2D eigenvalue weighted by atomic mass is 10.1. The molecular weight excluding hydrogens is 378 g/mol. The Hall–Kier alpha value is -2.34. The van der Waals surface area contributed by atoms with Crippen LogP contribution in [-0.2, 0) is 16.2 Å². The number of fused-ring (bicyclic) bond motifs is 1. The summed E-state index contributed by atoms with van der Waals surface area (Å²) in [6.07, 6.45) is -2.05. The molecule has 2 aliphatic heterocycles. The summed E-state index contributed by atoms with van der Waals surface area (Å²) in [6.45, 7) is 4.02. The highest BCUT2D eigenvalue weighted by Crippen LogP contribution is 2.37. The molecule has 2 aromatic rings. The van der Waals surface area contributed by atoms with Gasteiger partial charge in [-0.2, -0.15) is 0 Å². The minimum atomic E-state index is -1.23. The largest absolute Gasteiger partial charge is 0.394 e. The van der Waals surface area contributed by atoms with Crippen LogP contribution >= 0.6 is 0 Å². The first-order chi connectivity index (χ1) is 13.9. The number of aliphatic hydroxyl groups is 3. The van der Waals surface area contributed by atoms with Gasteiger partial charge in [0.2, 0.25) is 0 Å². The summed E-state index contributed by atoms with van der Waals surface area (Å²) in [4.78, 5) is 14.4. The van der Waals surface area contributed by atoms with E-state index in [1.54, 1.807) is 0 Å². The van der Waals surface area contributed by atoms with E-state index in [1.165, 1.54) is 33.4 Å². The van der Waals surface area contributed by atoms with Crippen LogP contribution in [0.25, 0.3) is 0 Å². The van der Waals surface area contributed by atoms with E-state index in [4.69, 9.17) is 15.3 Å². The number of nitrogens with zero attached hydrogens (tertiary/aromatic N) is 4. The minimum Gasteiger partial charge on any atom is -0.394 e. The zero-order valence-electron chi connectivity index (χ0n) is 16.2. The highest BCUT2D eigenvalue weighted by molar-refractivity contribution is 5.64. The molecule has 10 heteroatoms. The molecule has 10 nitrogen and oxygen atoms in total. The number of aliphatic hydroxyl groups excluding tert-OH is 3. The van der Waals surface area contributed by atoms with Crippen LogP contribution in [0.1, 0.15) is 34.8 Å². The molecule has 2 aliphatic rings. The van der Waals surface area contributed by atoms with Crippen molar-refractivity contribution < 1.29 is 24.9 Å². The molecule has 0 amide bonds. The molecule has 1 saturated heterocycles. The maximum Gasteiger partial charge on any atom is 0.165 e. The van der Waals surface area contributed by atoms with Crippen molar-refractivity contribution in [1.29, 1.82) is 0 Å². The van der Waals surface area contributed by atoms with Crippen LogP contribution in [0.15, 0.2) is 29.5 Å². The van der Waals surface area contributed by atoms with Crippen LogP contribution in [-0.4, -0.2) is 61.2 Å². The number of imidazole rings is 1. The summed E-state index contributed by atoms with van der Waals surface area (Å²) in [5.74, 6) is 0.401. The molecule has 0 aliphatic carbocycles. The summed E-state index contributed by atoms with van der Waals surface area (Å²) in [5, 5.41) is 30.9. The highest BCUT2D eigenvalue weighted by atomic mass is 16.7. The van der Waals surface area contributed by atoms with E-state index in [0.717, 1.165) is 5.56 Å². The monoisotopic (exact) mass is 403 g/mol. The second-order valence-electron chi connectivity index (χ2n) is 7.33. The first-order valence-electron chi connectivity index (χ1n) is 9.37. The Kier molecular flexibility index (Phi) is 5.38. The predicted octanol–water partition coefficient (Wildman–Crippen LogP) is 0.176. The molecule has 0 radical (unpaired) electrons. The number of ether oxygens (including phenoxy) is 1. The molecule has 3 heterocycles. The predicted molar refractivity (Wildman–Crippen MR) is 103 cm³/mol. The Bertz CT molecular complexity index is 916. The lowest BCUT2D eigenvalue weighted by molar-refractivity contribution is -0.136. The third-order valence-corrected chi connectivity index (χ3v) is 5.39. The van der Waals surface area contributed by atoms with Gasteiger partial charge in [0, 0.05) is 0 Å². The molecule has 4 rings (SSSR count). The molecular formula is C19H25N5O5. The number of benzene rings is 1. The number of aryl methyl sites for hydroxylation is 2. The number of aromatic nitrogens is 2. The molecule has 1 aromatic heterocycles. The van der Waals surface area contributed by atoms with Crippen LogP contribution in [0.3, 0.4) is 0 Å². The Labute approximate surface area is 167 Å². The summed E-state index contributed by atoms with van der Waals surface area (Å²) in [5.41, 5.74) is 10.1. The quantitative estimate of drug-likeness (QED) is 0.554. The van der Waals surface area contributed by atoms with Gasteiger partial charge in [0.15, 0.2) is 18.2 Å². The van der Waals surface area contributed by atoms with E-state index in [9.17, 15) is 15.3 Å². The Morgan fingerprint density at radius 1 is 1.21 bits per heavy atom. The topological polar surface area (TPSA) is 139 Å². The fourth-order valence-electron chi connectivity index (χ4n) is 3.47. The fourth-order valence-corrected chi connectivity index (χ4v) is 3.47. The van der Waals surface area contributed by atoms with Crippen LogP contribution in [0.5, 0.6) is 0 Å². The van der Waals surface area contributed by atoms with Gasteiger partial charge < -0.3 is 25.8 Å². The van der Waals surface area contributed by atoms with Crippen molar-refractivity contribution in [1.82, 2.24) is 14.6 Å². The van der Waals surface area contributed by atoms with Crippen molar-refractivity contribution in [3.8, 4) is 0 Å². The van der Waals surface area contributed by atoms with E-state index >= 15 is 0 Å². The van der Waals surface area contributed by atoms with E-state index in [1.807, 2.05) is 19.1 Å². The molecule has 29 heavy (non-hydrogen) atoms. The Morgan fingerprint density at radius 2 is 2.00 bits per heavy atom. The number of hydrogen-bond acceptors (Lipinski definition) is 9. The van der Waals surface area contributed by atoms with Crippen molar-refractivity contribution in [2.45, 2.75) is 51.2 Å². The third kappa shape index (κ3) is 3.54. The standard InChI is InChI=1S/C19H25N5O5/c1-10-3-4-12(5-11(10)2)7-28-24-9-22-18-14(17(24)20)21-8-23(18)19-16(27)15(26)13(6-25)29-19/h3-5,8-9,13,15-17,19,25-27H,6-7,20H2,1-2H3/t13-,15?,16?,17?,19-/m1/s1. The number of aliphatic imine (C=N–C) groups is 1. The van der Waals surface area contributed by atoms with Gasteiger partial charge in [-0.05, 0) is 30.5 Å². The molecule has 0 saturated carbocycles. The Balaban J connectivity index is 1.49.